The minimum absolute atomic E-state index is 0.194. The zero-order valence-corrected chi connectivity index (χ0v) is 28.8. The summed E-state index contributed by atoms with van der Waals surface area (Å²) < 4.78 is 32.0. The minimum atomic E-state index is -3.94. The van der Waals surface area contributed by atoms with Gasteiger partial charge in [-0.25, -0.2) is 8.42 Å². The van der Waals surface area contributed by atoms with Gasteiger partial charge in [0.25, 0.3) is 0 Å². The molecule has 44 heavy (non-hydrogen) atoms. The third-order valence-corrected chi connectivity index (χ3v) is 9.80. The number of halogens is 1. The molecule has 4 aromatic rings. The number of nitrogens with one attached hydrogen (secondary N) is 1. The van der Waals surface area contributed by atoms with Crippen LogP contribution in [0.1, 0.15) is 67.6 Å². The average Bonchev–Trinajstić information content (AvgIpc) is 3.24. The normalized spacial score (nSPS) is 16.8. The summed E-state index contributed by atoms with van der Waals surface area (Å²) in [5, 5.41) is 3.75. The van der Waals surface area contributed by atoms with Crippen LogP contribution < -0.4 is 5.32 Å². The summed E-state index contributed by atoms with van der Waals surface area (Å²) in [6, 6.07) is 34.0. The van der Waals surface area contributed by atoms with Gasteiger partial charge in [-0.3, -0.25) is 0 Å². The molecule has 229 valence electrons. The van der Waals surface area contributed by atoms with Crippen molar-refractivity contribution in [3.63, 3.8) is 0 Å². The van der Waals surface area contributed by atoms with Gasteiger partial charge in [0.15, 0.2) is 0 Å². The van der Waals surface area contributed by atoms with Crippen molar-refractivity contribution in [3.8, 4) is 0 Å². The van der Waals surface area contributed by atoms with Gasteiger partial charge in [0.05, 0.1) is 0 Å². The van der Waals surface area contributed by atoms with Crippen LogP contribution in [0.15, 0.2) is 114 Å². The Morgan fingerprint density at radius 2 is 1.16 bits per heavy atom. The predicted molar refractivity (Wildman–Crippen MR) is 177 cm³/mol. The Morgan fingerprint density at radius 3 is 1.73 bits per heavy atom. The zero-order valence-electron chi connectivity index (χ0n) is 25.6. The molecule has 2 atom stereocenters. The van der Waals surface area contributed by atoms with Crippen LogP contribution in [0.2, 0.25) is 0 Å². The van der Waals surface area contributed by atoms with E-state index in [1.165, 1.54) is 35.2 Å². The molecule has 0 aromatic heterocycles. The number of hydrogen-bond donors (Lipinski definition) is 1. The Labute approximate surface area is 278 Å². The van der Waals surface area contributed by atoms with E-state index in [-0.39, 0.29) is 4.90 Å². The zero-order chi connectivity index (χ0) is 31.9. The van der Waals surface area contributed by atoms with E-state index in [1.807, 2.05) is 84.9 Å². The summed E-state index contributed by atoms with van der Waals surface area (Å²) in [5.41, 5.74) is 5.15. The molecule has 0 amide bonds. The maximum absolute atomic E-state index is 13.7. The van der Waals surface area contributed by atoms with Gasteiger partial charge in [0, 0.05) is 23.4 Å². The molecular weight excluding hydrogens is 675 g/mol. The molecule has 0 bridgehead atoms. The van der Waals surface area contributed by atoms with E-state index in [4.69, 9.17) is 0 Å². The quantitative estimate of drug-likeness (QED) is 0.167. The van der Waals surface area contributed by atoms with Gasteiger partial charge >= 0.3 is 27.0 Å². The summed E-state index contributed by atoms with van der Waals surface area (Å²) >= 11 is 2.02. The van der Waals surface area contributed by atoms with E-state index in [9.17, 15) is 8.42 Å². The molecule has 5 radical (unpaired) electrons. The molecule has 5 rings (SSSR count). The SMILES string of the molecule is C[C]1[C](C)[C](C)[C](c2ccccc2CN[C@H](c2ccccc2)[C@H]([N-]S(=O)(=O)c2ccc(C)cc2)c2ccccc2)[C]1C.[Cl][Rh+2]. The van der Waals surface area contributed by atoms with Crippen molar-refractivity contribution in [1.82, 2.24) is 5.32 Å². The van der Waals surface area contributed by atoms with Crippen LogP contribution in [0.4, 0.5) is 0 Å². The number of nitrogens with zero attached hydrogens (tertiary/aromatic N) is 1. The van der Waals surface area contributed by atoms with Gasteiger partial charge in [-0.1, -0.05) is 142 Å². The van der Waals surface area contributed by atoms with Crippen LogP contribution in [0, 0.1) is 36.5 Å². The molecule has 0 aliphatic heterocycles. The number of aryl methyl sites for hydroxylation is 1. The second kappa shape index (κ2) is 15.8. The molecular formula is C37H38ClN2O2RhS+. The van der Waals surface area contributed by atoms with Gasteiger partial charge in [-0.05, 0) is 59.4 Å². The first-order valence-corrected chi connectivity index (χ1v) is 18.0. The maximum atomic E-state index is 13.7. The topological polar surface area (TPSA) is 60.3 Å². The van der Waals surface area contributed by atoms with E-state index in [2.05, 4.69) is 71.7 Å². The molecule has 1 aliphatic rings. The van der Waals surface area contributed by atoms with Crippen molar-refractivity contribution in [2.24, 2.45) is 0 Å². The first-order valence-electron chi connectivity index (χ1n) is 14.5. The number of rotatable bonds is 10. The van der Waals surface area contributed by atoms with Crippen molar-refractivity contribution in [2.45, 2.75) is 58.1 Å². The van der Waals surface area contributed by atoms with E-state index in [0.717, 1.165) is 22.3 Å². The summed E-state index contributed by atoms with van der Waals surface area (Å²) in [6.07, 6.45) is 0. The van der Waals surface area contributed by atoms with Crippen LogP contribution in [-0.4, -0.2) is 8.42 Å². The molecule has 4 aromatic carbocycles. The van der Waals surface area contributed by atoms with Gasteiger partial charge < -0.3 is 10.0 Å². The Kier molecular flexibility index (Phi) is 12.4. The van der Waals surface area contributed by atoms with E-state index in [1.54, 1.807) is 24.3 Å². The van der Waals surface area contributed by atoms with Crippen molar-refractivity contribution < 1.29 is 25.7 Å². The molecule has 1 saturated carbocycles. The molecule has 0 heterocycles. The predicted octanol–water partition coefficient (Wildman–Crippen LogP) is 9.33. The van der Waals surface area contributed by atoms with Crippen molar-refractivity contribution in [2.75, 3.05) is 0 Å². The summed E-state index contributed by atoms with van der Waals surface area (Å²) in [4.78, 5) is 0.194. The molecule has 1 aliphatic carbocycles. The molecule has 1 fully saturated rings. The molecule has 4 nitrogen and oxygen atoms in total. The average molecular weight is 713 g/mol. The first-order chi connectivity index (χ1) is 21.2. The number of hydrogen-bond acceptors (Lipinski definition) is 3. The summed E-state index contributed by atoms with van der Waals surface area (Å²) in [5.74, 6) is 6.55. The molecule has 0 spiro atoms. The fraction of sp³-hybridized carbons (Fsp3) is 0.216. The van der Waals surface area contributed by atoms with Gasteiger partial charge in [0.2, 0.25) is 0 Å². The summed E-state index contributed by atoms with van der Waals surface area (Å²) in [7, 11) is 0.589. The number of benzene rings is 4. The van der Waals surface area contributed by atoms with E-state index < -0.39 is 22.1 Å². The second-order valence-corrected chi connectivity index (χ2v) is 12.7. The number of sulfonamides is 1. The first kappa shape index (κ1) is 34.5. The monoisotopic (exact) mass is 712 g/mol. The van der Waals surface area contributed by atoms with Crippen molar-refractivity contribution in [1.29, 1.82) is 0 Å². The van der Waals surface area contributed by atoms with Crippen molar-refractivity contribution in [3.05, 3.63) is 171 Å². The van der Waals surface area contributed by atoms with Gasteiger partial charge in [-0.2, -0.15) is 0 Å². The fourth-order valence-electron chi connectivity index (χ4n) is 5.72. The third kappa shape index (κ3) is 7.89. The Morgan fingerprint density at radius 1 is 0.659 bits per heavy atom. The third-order valence-electron chi connectivity index (χ3n) is 8.42. The van der Waals surface area contributed by atoms with Gasteiger partial charge in [-0.15, -0.1) is 0 Å². The standard InChI is InChI=1S/C37H38N2O2S.ClH.Rh/c1-25-20-22-33(23-21-25)42(40,41)39-37(31-16-10-7-11-17-31)36(30-14-8-6-9-15-30)38-24-32-18-12-13-19-34(32)35-28(4)26(2)27(3)29(35)5;;/h6-23,36-38H,24H2,1-5H3;1H;/q-1;;+3/p-1/t36-,37-;;/m1../s1. The van der Waals surface area contributed by atoms with Crippen LogP contribution in [0.5, 0.6) is 0 Å². The van der Waals surface area contributed by atoms with Crippen molar-refractivity contribution >= 4 is 19.7 Å². The Balaban J connectivity index is 0.00000216. The van der Waals surface area contributed by atoms with E-state index in [0.29, 0.717) is 6.54 Å². The molecule has 7 heteroatoms. The summed E-state index contributed by atoms with van der Waals surface area (Å²) in [6.45, 7) is 11.3. The van der Waals surface area contributed by atoms with Crippen LogP contribution >= 0.6 is 9.69 Å². The molecule has 1 N–H and O–H groups in total. The van der Waals surface area contributed by atoms with Crippen LogP contribution in [0.3, 0.4) is 0 Å². The van der Waals surface area contributed by atoms with Crippen LogP contribution in [0.25, 0.3) is 4.72 Å². The van der Waals surface area contributed by atoms with E-state index >= 15 is 0 Å². The second-order valence-electron chi connectivity index (χ2n) is 11.1. The van der Waals surface area contributed by atoms with Crippen LogP contribution in [-0.2, 0) is 33.9 Å². The molecule has 0 saturated heterocycles. The fourth-order valence-corrected chi connectivity index (χ4v) is 6.86. The van der Waals surface area contributed by atoms with Gasteiger partial charge in [0.1, 0.15) is 10.0 Å². The Bertz CT molecular complexity index is 1550. The molecule has 0 unspecified atom stereocenters. The Hall–Kier alpha value is -2.34.